The molecule has 2 aromatic rings. The smallest absolute Gasteiger partial charge is 0.0451 e. The lowest BCUT2D eigenvalue weighted by Crippen LogP contribution is -2.25. The number of hydrogen-bond acceptors (Lipinski definition) is 1. The van der Waals surface area contributed by atoms with Crippen molar-refractivity contribution in [2.75, 3.05) is 11.4 Å². The van der Waals surface area contributed by atoms with Gasteiger partial charge < -0.3 is 4.90 Å². The molecule has 0 saturated heterocycles. The highest BCUT2D eigenvalue weighted by Gasteiger charge is 2.19. The van der Waals surface area contributed by atoms with Crippen LogP contribution < -0.4 is 4.90 Å². The summed E-state index contributed by atoms with van der Waals surface area (Å²) in [5, 5.41) is 0.904. The lowest BCUT2D eigenvalue weighted by atomic mass is 9.98. The first kappa shape index (κ1) is 12.7. The molecule has 0 bridgehead atoms. The minimum atomic E-state index is 0.904. The second kappa shape index (κ2) is 5.38. The van der Waals surface area contributed by atoms with Gasteiger partial charge in [-0.15, -0.1) is 0 Å². The molecule has 0 N–H and O–H groups in total. The summed E-state index contributed by atoms with van der Waals surface area (Å²) in [4.78, 5) is 2.47. The van der Waals surface area contributed by atoms with Crippen LogP contribution in [-0.2, 0) is 11.8 Å². The summed E-state index contributed by atoms with van der Waals surface area (Å²) in [6.07, 6.45) is 2.43. The van der Waals surface area contributed by atoms with E-state index in [2.05, 4.69) is 70.2 Å². The highest BCUT2D eigenvalue weighted by molar-refractivity contribution is 9.08. The Kier molecular flexibility index (Phi) is 3.61. The fourth-order valence-corrected chi connectivity index (χ4v) is 3.34. The van der Waals surface area contributed by atoms with Gasteiger partial charge >= 0.3 is 0 Å². The molecule has 0 aromatic heterocycles. The summed E-state index contributed by atoms with van der Waals surface area (Å²) in [5.74, 6) is 0. The van der Waals surface area contributed by atoms with Gasteiger partial charge in [-0.2, -0.15) is 0 Å². The highest BCUT2D eigenvalue weighted by atomic mass is 79.9. The molecular formula is C17H18BrN. The van der Waals surface area contributed by atoms with Crippen LogP contribution in [0, 0.1) is 6.92 Å². The fraction of sp³-hybridized carbons (Fsp3) is 0.294. The zero-order valence-corrected chi connectivity index (χ0v) is 12.8. The van der Waals surface area contributed by atoms with Gasteiger partial charge in [0.25, 0.3) is 0 Å². The van der Waals surface area contributed by atoms with E-state index in [0.29, 0.717) is 0 Å². The molecule has 0 saturated carbocycles. The molecule has 0 spiro atoms. The van der Waals surface area contributed by atoms with Crippen molar-refractivity contribution in [2.45, 2.75) is 25.1 Å². The Morgan fingerprint density at radius 1 is 1.11 bits per heavy atom. The summed E-state index contributed by atoms with van der Waals surface area (Å²) in [6, 6.07) is 15.5. The van der Waals surface area contributed by atoms with E-state index in [1.807, 2.05) is 0 Å². The van der Waals surface area contributed by atoms with Crippen molar-refractivity contribution < 1.29 is 0 Å². The Morgan fingerprint density at radius 3 is 2.79 bits per heavy atom. The Morgan fingerprint density at radius 2 is 1.95 bits per heavy atom. The number of nitrogens with zero attached hydrogens (tertiary/aromatic N) is 1. The fourth-order valence-electron chi connectivity index (χ4n) is 2.86. The summed E-state index contributed by atoms with van der Waals surface area (Å²) in [5.41, 5.74) is 6.91. The van der Waals surface area contributed by atoms with Crippen LogP contribution in [0.2, 0.25) is 0 Å². The number of alkyl halides is 1. The first-order valence-corrected chi connectivity index (χ1v) is 7.92. The van der Waals surface area contributed by atoms with Gasteiger partial charge in [-0.3, -0.25) is 0 Å². The van der Waals surface area contributed by atoms with Gasteiger partial charge in [-0.05, 0) is 43.0 Å². The maximum absolute atomic E-state index is 3.60. The average Bonchev–Trinajstić information content (AvgIpc) is 2.46. The maximum atomic E-state index is 3.60. The maximum Gasteiger partial charge on any atom is 0.0451 e. The van der Waals surface area contributed by atoms with Crippen LogP contribution in [0.1, 0.15) is 23.1 Å². The summed E-state index contributed by atoms with van der Waals surface area (Å²) < 4.78 is 0. The molecule has 0 atom stereocenters. The van der Waals surface area contributed by atoms with E-state index >= 15 is 0 Å². The third kappa shape index (κ3) is 2.42. The van der Waals surface area contributed by atoms with Crippen LogP contribution in [0.5, 0.6) is 0 Å². The van der Waals surface area contributed by atoms with Crippen LogP contribution in [0.3, 0.4) is 0 Å². The molecule has 19 heavy (non-hydrogen) atoms. The standard InChI is InChI=1S/C17H18BrN/c1-13-8-9-17-14(11-13)6-4-10-19(17)16-7-3-2-5-15(16)12-18/h2-3,5,7-9,11H,4,6,10,12H2,1H3. The van der Waals surface area contributed by atoms with E-state index in [-0.39, 0.29) is 0 Å². The van der Waals surface area contributed by atoms with Crippen LogP contribution >= 0.6 is 15.9 Å². The molecule has 3 rings (SSSR count). The first-order valence-electron chi connectivity index (χ1n) is 6.80. The van der Waals surface area contributed by atoms with Crippen LogP contribution in [-0.4, -0.2) is 6.54 Å². The van der Waals surface area contributed by atoms with E-state index in [0.717, 1.165) is 11.9 Å². The number of anilines is 2. The number of para-hydroxylation sites is 1. The second-order valence-electron chi connectivity index (χ2n) is 5.15. The normalized spacial score (nSPS) is 14.3. The monoisotopic (exact) mass is 315 g/mol. The molecule has 0 unspecified atom stereocenters. The number of aryl methyl sites for hydroxylation is 2. The third-order valence-electron chi connectivity index (χ3n) is 3.78. The first-order chi connectivity index (χ1) is 9.29. The molecule has 1 aliphatic rings. The highest BCUT2D eigenvalue weighted by Crippen LogP contribution is 2.36. The predicted molar refractivity (Wildman–Crippen MR) is 85.6 cm³/mol. The van der Waals surface area contributed by atoms with Gasteiger partial charge in [-0.1, -0.05) is 51.8 Å². The lowest BCUT2D eigenvalue weighted by molar-refractivity contribution is 0.764. The largest absolute Gasteiger partial charge is 0.341 e. The second-order valence-corrected chi connectivity index (χ2v) is 5.71. The van der Waals surface area contributed by atoms with Gasteiger partial charge in [-0.25, -0.2) is 0 Å². The van der Waals surface area contributed by atoms with Crippen molar-refractivity contribution in [1.82, 2.24) is 0 Å². The number of halogens is 1. The molecule has 2 heteroatoms. The van der Waals surface area contributed by atoms with E-state index in [1.165, 1.54) is 40.9 Å². The van der Waals surface area contributed by atoms with Crippen molar-refractivity contribution in [2.24, 2.45) is 0 Å². The molecule has 0 fully saturated rings. The molecule has 0 radical (unpaired) electrons. The Balaban J connectivity index is 2.08. The molecule has 0 amide bonds. The average molecular weight is 316 g/mol. The molecule has 1 nitrogen and oxygen atoms in total. The van der Waals surface area contributed by atoms with Crippen molar-refractivity contribution in [1.29, 1.82) is 0 Å². The van der Waals surface area contributed by atoms with Gasteiger partial charge in [0.15, 0.2) is 0 Å². The number of hydrogen-bond donors (Lipinski definition) is 0. The SMILES string of the molecule is Cc1ccc2c(c1)CCCN2c1ccccc1CBr. The number of benzene rings is 2. The zero-order chi connectivity index (χ0) is 13.2. The topological polar surface area (TPSA) is 3.24 Å². The van der Waals surface area contributed by atoms with E-state index in [4.69, 9.17) is 0 Å². The number of rotatable bonds is 2. The van der Waals surface area contributed by atoms with Crippen molar-refractivity contribution in [3.8, 4) is 0 Å². The van der Waals surface area contributed by atoms with Crippen molar-refractivity contribution in [3.63, 3.8) is 0 Å². The van der Waals surface area contributed by atoms with E-state index in [9.17, 15) is 0 Å². The predicted octanol–water partition coefficient (Wildman–Crippen LogP) is 4.97. The van der Waals surface area contributed by atoms with Crippen molar-refractivity contribution in [3.05, 3.63) is 59.2 Å². The lowest BCUT2D eigenvalue weighted by Gasteiger charge is -2.33. The van der Waals surface area contributed by atoms with Gasteiger partial charge in [0.1, 0.15) is 0 Å². The molecule has 0 aliphatic carbocycles. The molecule has 1 heterocycles. The zero-order valence-electron chi connectivity index (χ0n) is 11.2. The molecule has 1 aliphatic heterocycles. The van der Waals surface area contributed by atoms with E-state index in [1.54, 1.807) is 0 Å². The molecule has 98 valence electrons. The van der Waals surface area contributed by atoms with Crippen LogP contribution in [0.15, 0.2) is 42.5 Å². The van der Waals surface area contributed by atoms with Gasteiger partial charge in [0.05, 0.1) is 0 Å². The summed E-state index contributed by atoms with van der Waals surface area (Å²) in [6.45, 7) is 3.28. The summed E-state index contributed by atoms with van der Waals surface area (Å²) in [7, 11) is 0. The van der Waals surface area contributed by atoms with Gasteiger partial charge in [0.2, 0.25) is 0 Å². The van der Waals surface area contributed by atoms with Crippen LogP contribution in [0.4, 0.5) is 11.4 Å². The Bertz CT molecular complexity index is 592. The van der Waals surface area contributed by atoms with Crippen LogP contribution in [0.25, 0.3) is 0 Å². The quantitative estimate of drug-likeness (QED) is 0.707. The Labute approximate surface area is 123 Å². The minimum absolute atomic E-state index is 0.904. The molecular weight excluding hydrogens is 298 g/mol. The van der Waals surface area contributed by atoms with Crippen molar-refractivity contribution >= 4 is 27.3 Å². The number of fused-ring (bicyclic) bond motifs is 1. The Hall–Kier alpha value is -1.28. The minimum Gasteiger partial charge on any atom is -0.341 e. The van der Waals surface area contributed by atoms with E-state index < -0.39 is 0 Å². The third-order valence-corrected chi connectivity index (χ3v) is 4.38. The van der Waals surface area contributed by atoms with Gasteiger partial charge in [0, 0.05) is 23.2 Å². The molecule has 2 aromatic carbocycles. The summed E-state index contributed by atoms with van der Waals surface area (Å²) >= 11 is 3.60.